The molecule has 5 nitrogen and oxygen atoms in total. The molecule has 0 aromatic carbocycles. The van der Waals surface area contributed by atoms with E-state index in [1.165, 1.54) is 7.05 Å². The van der Waals surface area contributed by atoms with E-state index in [4.69, 9.17) is 0 Å². The van der Waals surface area contributed by atoms with Crippen molar-refractivity contribution in [2.45, 2.75) is 0 Å². The number of Topliss-reactive ketones (excluding diaryl/α,β-unsaturated/α-hetero) is 1. The lowest BCUT2D eigenvalue weighted by Gasteiger charge is -2.20. The van der Waals surface area contributed by atoms with Crippen LogP contribution in [-0.4, -0.2) is 36.0 Å². The number of carbonyl (C=O) groups excluding carboxylic acids is 3. The summed E-state index contributed by atoms with van der Waals surface area (Å²) >= 11 is 0. The summed E-state index contributed by atoms with van der Waals surface area (Å²) in [6.45, 7) is -0.418. The second-order valence-electron chi connectivity index (χ2n) is 2.87. The Kier molecular flexibility index (Phi) is 3.06. The van der Waals surface area contributed by atoms with Crippen LogP contribution >= 0.6 is 0 Å². The van der Waals surface area contributed by atoms with Gasteiger partial charge < -0.3 is 10.3 Å². The average Bonchev–Trinajstić information content (AvgIpc) is 2.08. The zero-order valence-corrected chi connectivity index (χ0v) is 7.52. The molecule has 1 aliphatic carbocycles. The first-order chi connectivity index (χ1) is 6.50. The predicted molar refractivity (Wildman–Crippen MR) is 48.2 cm³/mol. The Balaban J connectivity index is 2.82. The summed E-state index contributed by atoms with van der Waals surface area (Å²) in [5.74, 6) is -1.58. The van der Waals surface area contributed by atoms with Gasteiger partial charge in [-0.1, -0.05) is 0 Å². The first-order valence-electron chi connectivity index (χ1n) is 3.90. The molecule has 0 spiro atoms. The number of likely N-dealkylation sites (N-methyl/N-ethyl adjacent to an activating group) is 1. The monoisotopic (exact) mass is 194 g/mol. The Morgan fingerprint density at radius 2 is 2.07 bits per heavy atom. The van der Waals surface area contributed by atoms with Gasteiger partial charge in [-0.2, -0.15) is 0 Å². The summed E-state index contributed by atoms with van der Waals surface area (Å²) in [5, 5.41) is 10.9. The molecule has 1 aliphatic rings. The molecule has 74 valence electrons. The minimum absolute atomic E-state index is 0.222. The van der Waals surface area contributed by atoms with Gasteiger partial charge in [0, 0.05) is 6.08 Å². The Hall–Kier alpha value is -1.59. The van der Waals surface area contributed by atoms with Crippen LogP contribution < -0.4 is 0 Å². The number of ketones is 3. The van der Waals surface area contributed by atoms with Crippen LogP contribution in [0.15, 0.2) is 23.8 Å². The Bertz CT molecular complexity index is 352. The highest BCUT2D eigenvalue weighted by Gasteiger charge is 2.19. The molecule has 0 heterocycles. The molecule has 0 bridgehead atoms. The van der Waals surface area contributed by atoms with Crippen molar-refractivity contribution < 1.29 is 14.4 Å². The standard InChI is InChI=1S/C9H8NO4/c1-10(14)5-9(13)7-4-6(11)2-3-8(7)12/h2-4H,5H2,1H3/q-1. The van der Waals surface area contributed by atoms with Gasteiger partial charge in [-0.3, -0.25) is 14.4 Å². The van der Waals surface area contributed by atoms with E-state index in [-0.39, 0.29) is 5.57 Å². The first kappa shape index (κ1) is 10.5. The zero-order chi connectivity index (χ0) is 10.7. The molecule has 1 rings (SSSR count). The van der Waals surface area contributed by atoms with Crippen molar-refractivity contribution in [1.29, 1.82) is 0 Å². The number of rotatable bonds is 3. The summed E-state index contributed by atoms with van der Waals surface area (Å²) in [4.78, 5) is 33.2. The normalized spacial score (nSPS) is 16.1. The molecule has 0 aromatic heterocycles. The fourth-order valence-corrected chi connectivity index (χ4v) is 1.01. The van der Waals surface area contributed by atoms with Gasteiger partial charge in [-0.25, -0.2) is 0 Å². The van der Waals surface area contributed by atoms with E-state index >= 15 is 0 Å². The molecule has 0 fully saturated rings. The smallest absolute Gasteiger partial charge is 0.189 e. The highest BCUT2D eigenvalue weighted by molar-refractivity contribution is 6.30. The summed E-state index contributed by atoms with van der Waals surface area (Å²) in [6.07, 6.45) is 3.06. The summed E-state index contributed by atoms with van der Waals surface area (Å²) in [5.41, 5.74) is -0.222. The number of hydrogen-bond donors (Lipinski definition) is 0. The number of allylic oxidation sites excluding steroid dienone is 3. The van der Waals surface area contributed by atoms with E-state index in [0.29, 0.717) is 5.06 Å². The fraction of sp³-hybridized carbons (Fsp3) is 0.222. The predicted octanol–water partition coefficient (Wildman–Crippen LogP) is -0.381. The molecule has 0 unspecified atom stereocenters. The van der Waals surface area contributed by atoms with Crippen molar-refractivity contribution in [1.82, 2.24) is 5.06 Å². The van der Waals surface area contributed by atoms with Gasteiger partial charge in [0.25, 0.3) is 0 Å². The van der Waals surface area contributed by atoms with Crippen LogP contribution in [0.3, 0.4) is 0 Å². The maximum atomic E-state index is 11.2. The molecule has 0 aliphatic heterocycles. The van der Waals surface area contributed by atoms with Crippen LogP contribution in [-0.2, 0) is 14.4 Å². The van der Waals surface area contributed by atoms with Crippen LogP contribution in [0.5, 0.6) is 0 Å². The zero-order valence-electron chi connectivity index (χ0n) is 7.52. The van der Waals surface area contributed by atoms with Gasteiger partial charge in [-0.15, -0.1) is 0 Å². The molecular weight excluding hydrogens is 186 g/mol. The molecule has 0 atom stereocenters. The minimum atomic E-state index is -0.634. The third-order valence-corrected chi connectivity index (χ3v) is 1.62. The molecule has 0 saturated heterocycles. The van der Waals surface area contributed by atoms with E-state index in [1.54, 1.807) is 0 Å². The van der Waals surface area contributed by atoms with Crippen LogP contribution in [0.1, 0.15) is 0 Å². The average molecular weight is 194 g/mol. The molecule has 5 heteroatoms. The summed E-state index contributed by atoms with van der Waals surface area (Å²) in [7, 11) is 1.17. The van der Waals surface area contributed by atoms with Gasteiger partial charge in [0.2, 0.25) is 0 Å². The van der Waals surface area contributed by atoms with Crippen molar-refractivity contribution >= 4 is 17.3 Å². The number of hydrogen-bond acceptors (Lipinski definition) is 5. The lowest BCUT2D eigenvalue weighted by atomic mass is 10.00. The third-order valence-electron chi connectivity index (χ3n) is 1.62. The highest BCUT2D eigenvalue weighted by atomic mass is 16.5. The van der Waals surface area contributed by atoms with E-state index in [1.807, 2.05) is 0 Å². The number of carbonyl (C=O) groups is 3. The first-order valence-corrected chi connectivity index (χ1v) is 3.90. The third kappa shape index (κ3) is 2.45. The molecule has 0 N–H and O–H groups in total. The lowest BCUT2D eigenvalue weighted by molar-refractivity contribution is -0.121. The van der Waals surface area contributed by atoms with E-state index < -0.39 is 23.9 Å². The SMILES string of the molecule is CN([O-])CC(=O)C1=CC(=O)C=CC1=O. The van der Waals surface area contributed by atoms with Crippen molar-refractivity contribution in [3.8, 4) is 0 Å². The molecule has 14 heavy (non-hydrogen) atoms. The Labute approximate surface area is 80.3 Å². The second-order valence-corrected chi connectivity index (χ2v) is 2.87. The van der Waals surface area contributed by atoms with Gasteiger partial charge in [-0.05, 0) is 19.2 Å². The van der Waals surface area contributed by atoms with Gasteiger partial charge >= 0.3 is 0 Å². The number of nitrogens with zero attached hydrogens (tertiary/aromatic N) is 1. The topological polar surface area (TPSA) is 77.5 Å². The molecule has 0 radical (unpaired) electrons. The van der Waals surface area contributed by atoms with E-state index in [9.17, 15) is 19.6 Å². The molecule has 0 amide bonds. The summed E-state index contributed by atoms with van der Waals surface area (Å²) < 4.78 is 0. The van der Waals surface area contributed by atoms with Crippen LogP contribution in [0.25, 0.3) is 0 Å². The number of hydroxylamine groups is 2. The van der Waals surface area contributed by atoms with Gasteiger partial charge in [0.1, 0.15) is 0 Å². The molecular formula is C9H8NO4-. The van der Waals surface area contributed by atoms with Crippen LogP contribution in [0, 0.1) is 5.21 Å². The molecule has 0 saturated carbocycles. The summed E-state index contributed by atoms with van der Waals surface area (Å²) in [6, 6.07) is 0. The van der Waals surface area contributed by atoms with E-state index in [0.717, 1.165) is 18.2 Å². The van der Waals surface area contributed by atoms with Crippen molar-refractivity contribution in [3.05, 3.63) is 29.0 Å². The van der Waals surface area contributed by atoms with Crippen LogP contribution in [0.4, 0.5) is 0 Å². The van der Waals surface area contributed by atoms with Crippen molar-refractivity contribution in [3.63, 3.8) is 0 Å². The van der Waals surface area contributed by atoms with E-state index in [2.05, 4.69) is 0 Å². The Morgan fingerprint density at radius 3 is 2.64 bits per heavy atom. The van der Waals surface area contributed by atoms with Gasteiger partial charge in [0.15, 0.2) is 17.3 Å². The lowest BCUT2D eigenvalue weighted by Crippen LogP contribution is -2.26. The van der Waals surface area contributed by atoms with Crippen LogP contribution in [0.2, 0.25) is 0 Å². The van der Waals surface area contributed by atoms with Crippen molar-refractivity contribution in [2.75, 3.05) is 13.6 Å². The minimum Gasteiger partial charge on any atom is -0.785 e. The molecule has 0 aromatic rings. The maximum Gasteiger partial charge on any atom is 0.189 e. The fourth-order valence-electron chi connectivity index (χ4n) is 1.01. The highest BCUT2D eigenvalue weighted by Crippen LogP contribution is 2.06. The Morgan fingerprint density at radius 1 is 1.43 bits per heavy atom. The maximum absolute atomic E-state index is 11.2. The largest absolute Gasteiger partial charge is 0.785 e. The van der Waals surface area contributed by atoms with Crippen molar-refractivity contribution in [2.24, 2.45) is 0 Å². The second kappa shape index (κ2) is 4.08. The van der Waals surface area contributed by atoms with Gasteiger partial charge in [0.05, 0.1) is 12.1 Å². The quantitative estimate of drug-likeness (QED) is 0.347.